The van der Waals surface area contributed by atoms with E-state index in [2.05, 4.69) is 25.3 Å². The quantitative estimate of drug-likeness (QED) is 0.383. The molecule has 6 nitrogen and oxygen atoms in total. The Kier molecular flexibility index (Phi) is 7.05. The number of ether oxygens (including phenoxy) is 2. The first kappa shape index (κ1) is 21.4. The Morgan fingerprint density at radius 3 is 2.70 bits per heavy atom. The highest BCUT2D eigenvalue weighted by Gasteiger charge is 2.12. The SMILES string of the molecule is CN=C(NCCc1c[nH]c2ccc(F)cc12)NCc1cc(OC)ccc1OC(F)F. The van der Waals surface area contributed by atoms with Crippen molar-refractivity contribution in [1.82, 2.24) is 15.6 Å². The molecule has 3 rings (SSSR count). The maximum absolute atomic E-state index is 13.5. The number of hydrogen-bond acceptors (Lipinski definition) is 3. The lowest BCUT2D eigenvalue weighted by atomic mass is 10.1. The Morgan fingerprint density at radius 2 is 1.97 bits per heavy atom. The Balaban J connectivity index is 1.59. The van der Waals surface area contributed by atoms with Crippen LogP contribution in [0, 0.1) is 5.82 Å². The summed E-state index contributed by atoms with van der Waals surface area (Å²) < 4.78 is 48.5. The highest BCUT2D eigenvalue weighted by molar-refractivity contribution is 5.83. The molecule has 160 valence electrons. The number of hydrogen-bond donors (Lipinski definition) is 3. The van der Waals surface area contributed by atoms with Crippen molar-refractivity contribution in [2.24, 2.45) is 4.99 Å². The average molecular weight is 420 g/mol. The molecule has 0 spiro atoms. The van der Waals surface area contributed by atoms with E-state index in [1.807, 2.05) is 6.20 Å². The number of guanidine groups is 1. The van der Waals surface area contributed by atoms with Gasteiger partial charge in [0.05, 0.1) is 7.11 Å². The van der Waals surface area contributed by atoms with Gasteiger partial charge in [-0.3, -0.25) is 4.99 Å². The van der Waals surface area contributed by atoms with Gasteiger partial charge in [-0.2, -0.15) is 8.78 Å². The van der Waals surface area contributed by atoms with Crippen LogP contribution < -0.4 is 20.1 Å². The van der Waals surface area contributed by atoms with Crippen molar-refractivity contribution in [3.63, 3.8) is 0 Å². The van der Waals surface area contributed by atoms with Crippen LogP contribution in [0.2, 0.25) is 0 Å². The number of aliphatic imine (C=N–C) groups is 1. The van der Waals surface area contributed by atoms with Crippen molar-refractivity contribution >= 4 is 16.9 Å². The van der Waals surface area contributed by atoms with E-state index >= 15 is 0 Å². The Labute approximate surface area is 172 Å². The molecule has 9 heteroatoms. The zero-order valence-corrected chi connectivity index (χ0v) is 16.6. The molecule has 30 heavy (non-hydrogen) atoms. The highest BCUT2D eigenvalue weighted by Crippen LogP contribution is 2.25. The van der Waals surface area contributed by atoms with Crippen LogP contribution in [0.1, 0.15) is 11.1 Å². The maximum Gasteiger partial charge on any atom is 0.387 e. The number of nitrogens with one attached hydrogen (secondary N) is 3. The number of methoxy groups -OCH3 is 1. The summed E-state index contributed by atoms with van der Waals surface area (Å²) in [4.78, 5) is 7.26. The molecule has 0 saturated heterocycles. The number of aromatic amines is 1. The first-order valence-electron chi connectivity index (χ1n) is 9.32. The number of benzene rings is 2. The van der Waals surface area contributed by atoms with E-state index < -0.39 is 6.61 Å². The zero-order chi connectivity index (χ0) is 21.5. The normalized spacial score (nSPS) is 11.7. The third kappa shape index (κ3) is 5.37. The van der Waals surface area contributed by atoms with Crippen molar-refractivity contribution in [2.45, 2.75) is 19.6 Å². The van der Waals surface area contributed by atoms with Crippen molar-refractivity contribution in [3.8, 4) is 11.5 Å². The molecule has 0 aliphatic rings. The summed E-state index contributed by atoms with van der Waals surface area (Å²) in [6.07, 6.45) is 2.50. The van der Waals surface area contributed by atoms with Crippen LogP contribution in [0.25, 0.3) is 10.9 Å². The number of rotatable bonds is 8. The first-order valence-corrected chi connectivity index (χ1v) is 9.32. The molecule has 0 atom stereocenters. The summed E-state index contributed by atoms with van der Waals surface area (Å²) in [5.74, 6) is 0.804. The van der Waals surface area contributed by atoms with Gasteiger partial charge in [0.15, 0.2) is 5.96 Å². The second-order valence-corrected chi connectivity index (χ2v) is 6.46. The van der Waals surface area contributed by atoms with Gasteiger partial charge in [0.1, 0.15) is 17.3 Å². The molecule has 0 amide bonds. The van der Waals surface area contributed by atoms with Crippen LogP contribution in [-0.4, -0.2) is 38.3 Å². The Bertz CT molecular complexity index is 1020. The molecule has 0 aliphatic heterocycles. The number of fused-ring (bicyclic) bond motifs is 1. The molecule has 3 N–H and O–H groups in total. The van der Waals surface area contributed by atoms with Crippen molar-refractivity contribution < 1.29 is 22.6 Å². The minimum Gasteiger partial charge on any atom is -0.497 e. The zero-order valence-electron chi connectivity index (χ0n) is 16.6. The minimum absolute atomic E-state index is 0.0644. The topological polar surface area (TPSA) is 70.7 Å². The minimum atomic E-state index is -2.92. The number of aromatic nitrogens is 1. The van der Waals surface area contributed by atoms with Crippen LogP contribution in [0.5, 0.6) is 11.5 Å². The van der Waals surface area contributed by atoms with E-state index in [-0.39, 0.29) is 18.1 Å². The van der Waals surface area contributed by atoms with Gasteiger partial charge in [-0.1, -0.05) is 0 Å². The summed E-state index contributed by atoms with van der Waals surface area (Å²) in [7, 11) is 3.11. The average Bonchev–Trinajstić information content (AvgIpc) is 3.13. The van der Waals surface area contributed by atoms with Crippen LogP contribution in [0.3, 0.4) is 0 Å². The number of halogens is 3. The smallest absolute Gasteiger partial charge is 0.387 e. The molecule has 1 aromatic heterocycles. The monoisotopic (exact) mass is 420 g/mol. The molecule has 2 aromatic carbocycles. The van der Waals surface area contributed by atoms with E-state index in [0.717, 1.165) is 16.5 Å². The number of nitrogens with zero attached hydrogens (tertiary/aromatic N) is 1. The molecule has 1 heterocycles. The second-order valence-electron chi connectivity index (χ2n) is 6.46. The third-order valence-corrected chi connectivity index (χ3v) is 4.57. The van der Waals surface area contributed by atoms with Crippen LogP contribution >= 0.6 is 0 Å². The largest absolute Gasteiger partial charge is 0.497 e. The molecule has 0 fully saturated rings. The second kappa shape index (κ2) is 9.91. The lowest BCUT2D eigenvalue weighted by Gasteiger charge is -2.15. The Morgan fingerprint density at radius 1 is 1.13 bits per heavy atom. The molecule has 0 aliphatic carbocycles. The fourth-order valence-electron chi connectivity index (χ4n) is 3.10. The lowest BCUT2D eigenvalue weighted by molar-refractivity contribution is -0.0504. The fourth-order valence-corrected chi connectivity index (χ4v) is 3.10. The van der Waals surface area contributed by atoms with E-state index in [0.29, 0.717) is 30.2 Å². The summed E-state index contributed by atoms with van der Waals surface area (Å²) in [5, 5.41) is 7.06. The molecule has 3 aromatic rings. The summed E-state index contributed by atoms with van der Waals surface area (Å²) in [6.45, 7) is -2.17. The van der Waals surface area contributed by atoms with Crippen LogP contribution in [-0.2, 0) is 13.0 Å². The summed E-state index contributed by atoms with van der Waals surface area (Å²) in [6, 6.07) is 9.24. The van der Waals surface area contributed by atoms with E-state index in [1.165, 1.54) is 25.3 Å². The molecule has 0 saturated carbocycles. The number of alkyl halides is 2. The highest BCUT2D eigenvalue weighted by atomic mass is 19.3. The fraction of sp³-hybridized carbons (Fsp3) is 0.286. The predicted molar refractivity (Wildman–Crippen MR) is 110 cm³/mol. The van der Waals surface area contributed by atoms with Crippen molar-refractivity contribution in [1.29, 1.82) is 0 Å². The van der Waals surface area contributed by atoms with E-state index in [9.17, 15) is 13.2 Å². The van der Waals surface area contributed by atoms with E-state index in [1.54, 1.807) is 25.2 Å². The van der Waals surface area contributed by atoms with Crippen molar-refractivity contribution in [2.75, 3.05) is 20.7 Å². The predicted octanol–water partition coefficient (Wildman–Crippen LogP) is 3.82. The van der Waals surface area contributed by atoms with Gasteiger partial charge in [0.2, 0.25) is 0 Å². The van der Waals surface area contributed by atoms with Gasteiger partial charge >= 0.3 is 6.61 Å². The first-order chi connectivity index (χ1) is 14.5. The molecule has 0 radical (unpaired) electrons. The van der Waals surface area contributed by atoms with Crippen molar-refractivity contribution in [3.05, 3.63) is 59.5 Å². The molecular formula is C21H23F3N4O2. The maximum atomic E-state index is 13.5. The molecule has 0 unspecified atom stereocenters. The van der Waals surface area contributed by atoms with Gasteiger partial charge in [-0.05, 0) is 48.4 Å². The molecular weight excluding hydrogens is 397 g/mol. The van der Waals surface area contributed by atoms with Gasteiger partial charge in [-0.25, -0.2) is 4.39 Å². The lowest BCUT2D eigenvalue weighted by Crippen LogP contribution is -2.38. The molecule has 0 bridgehead atoms. The van der Waals surface area contributed by atoms with Gasteiger partial charge in [-0.15, -0.1) is 0 Å². The third-order valence-electron chi connectivity index (χ3n) is 4.57. The van der Waals surface area contributed by atoms with E-state index in [4.69, 9.17) is 4.74 Å². The number of H-pyrrole nitrogens is 1. The van der Waals surface area contributed by atoms with Gasteiger partial charge in [0.25, 0.3) is 0 Å². The summed E-state index contributed by atoms with van der Waals surface area (Å²) >= 11 is 0. The summed E-state index contributed by atoms with van der Waals surface area (Å²) in [5.41, 5.74) is 2.36. The van der Waals surface area contributed by atoms with Gasteiger partial charge in [0, 0.05) is 42.8 Å². The standard InChI is InChI=1S/C21H23F3N4O2/c1-25-21(26-8-7-13-11-27-18-5-3-15(22)10-17(13)18)28-12-14-9-16(29-2)4-6-19(14)30-20(23)24/h3-6,9-11,20,27H,7-8,12H2,1-2H3,(H2,25,26,28). The van der Waals surface area contributed by atoms with Crippen LogP contribution in [0.15, 0.2) is 47.6 Å². The van der Waals surface area contributed by atoms with Crippen LogP contribution in [0.4, 0.5) is 13.2 Å². The van der Waals surface area contributed by atoms with Gasteiger partial charge < -0.3 is 25.1 Å². The Hall–Kier alpha value is -3.36.